The van der Waals surface area contributed by atoms with Gasteiger partial charge >= 0.3 is 0 Å². The molecule has 17 atom stereocenters. The molecule has 3 saturated heterocycles. The Kier molecular flexibility index (Phi) is 15.6. The Morgan fingerprint density at radius 2 is 1.40 bits per heavy atom. The van der Waals surface area contributed by atoms with Crippen molar-refractivity contribution in [3.8, 4) is 0 Å². The Labute approximate surface area is 305 Å². The fourth-order valence-corrected chi connectivity index (χ4v) is 7.27. The largest absolute Gasteiger partial charge is 0.390 e. The van der Waals surface area contributed by atoms with Crippen molar-refractivity contribution < 1.29 is 54.0 Å². The third-order valence-corrected chi connectivity index (χ3v) is 10.4. The number of hydrogen-bond acceptors (Lipinski definition) is 17. The number of benzene rings is 1. The first-order valence-corrected chi connectivity index (χ1v) is 18.7. The minimum absolute atomic E-state index is 0.0654. The predicted octanol–water partition coefficient (Wildman–Crippen LogP) is -3.53. The highest BCUT2D eigenvalue weighted by molar-refractivity contribution is 5.14. The molecule has 17 heteroatoms. The van der Waals surface area contributed by atoms with Crippen molar-refractivity contribution >= 4 is 0 Å². The zero-order valence-electron chi connectivity index (χ0n) is 30.1. The molecule has 4 aliphatic rings. The summed E-state index contributed by atoms with van der Waals surface area (Å²) in [5.74, 6) is 0. The van der Waals surface area contributed by atoms with E-state index >= 15 is 0 Å². The van der Waals surface area contributed by atoms with Crippen molar-refractivity contribution in [2.24, 2.45) is 22.9 Å². The van der Waals surface area contributed by atoms with Crippen LogP contribution in [0.4, 0.5) is 0 Å². The van der Waals surface area contributed by atoms with E-state index in [0.717, 1.165) is 19.4 Å². The van der Waals surface area contributed by atoms with Crippen molar-refractivity contribution in [3.63, 3.8) is 0 Å². The number of rotatable bonds is 16. The topological polar surface area (TPSA) is 285 Å². The molecule has 0 unspecified atom stereocenters. The van der Waals surface area contributed by atoms with E-state index in [9.17, 15) is 25.5 Å². The van der Waals surface area contributed by atoms with Gasteiger partial charge in [-0.1, -0.05) is 44.2 Å². The van der Waals surface area contributed by atoms with Crippen LogP contribution in [0.1, 0.15) is 45.1 Å². The zero-order chi connectivity index (χ0) is 37.5. The van der Waals surface area contributed by atoms with E-state index in [0.29, 0.717) is 19.4 Å². The molecule has 17 nitrogen and oxygen atoms in total. The Hall–Kier alpha value is -1.46. The van der Waals surface area contributed by atoms with Gasteiger partial charge in [0, 0.05) is 31.7 Å². The number of nitrogens with one attached hydrogen (secondary N) is 2. The first-order valence-electron chi connectivity index (χ1n) is 18.7. The Morgan fingerprint density at radius 3 is 2.12 bits per heavy atom. The van der Waals surface area contributed by atoms with Crippen LogP contribution in [0.15, 0.2) is 30.3 Å². The molecule has 0 bridgehead atoms. The summed E-state index contributed by atoms with van der Waals surface area (Å²) in [6, 6.07) is 7.87. The van der Waals surface area contributed by atoms with E-state index < -0.39 is 104 Å². The van der Waals surface area contributed by atoms with Crippen LogP contribution in [-0.2, 0) is 34.8 Å². The summed E-state index contributed by atoms with van der Waals surface area (Å²) in [5.41, 5.74) is 26.1. The van der Waals surface area contributed by atoms with Gasteiger partial charge in [-0.05, 0) is 44.2 Å². The highest BCUT2D eigenvalue weighted by Crippen LogP contribution is 2.34. The minimum atomic E-state index is -1.40. The van der Waals surface area contributed by atoms with Crippen LogP contribution >= 0.6 is 0 Å². The number of aliphatic hydroxyl groups excluding tert-OH is 5. The molecule has 3 aliphatic heterocycles. The van der Waals surface area contributed by atoms with E-state index in [1.165, 1.54) is 5.56 Å². The van der Waals surface area contributed by atoms with E-state index in [-0.39, 0.29) is 25.6 Å². The van der Waals surface area contributed by atoms with Crippen LogP contribution in [0.3, 0.4) is 0 Å². The van der Waals surface area contributed by atoms with Crippen LogP contribution in [0.25, 0.3) is 0 Å². The quantitative estimate of drug-likeness (QED) is 0.0732. The third-order valence-electron chi connectivity index (χ3n) is 10.4. The lowest BCUT2D eigenvalue weighted by Crippen LogP contribution is -2.64. The number of aliphatic hydroxyl groups is 5. The predicted molar refractivity (Wildman–Crippen MR) is 188 cm³/mol. The lowest BCUT2D eigenvalue weighted by molar-refractivity contribution is -0.294. The van der Waals surface area contributed by atoms with Crippen molar-refractivity contribution in [1.82, 2.24) is 10.6 Å². The average molecular weight is 743 g/mol. The van der Waals surface area contributed by atoms with Crippen LogP contribution in [-0.4, -0.2) is 162 Å². The number of nitrogens with two attached hydrogens (primary N) is 4. The summed E-state index contributed by atoms with van der Waals surface area (Å²) in [7, 11) is 0. The molecule has 0 aromatic heterocycles. The lowest BCUT2D eigenvalue weighted by Gasteiger charge is -2.45. The van der Waals surface area contributed by atoms with Crippen molar-refractivity contribution in [3.05, 3.63) is 35.9 Å². The Bertz CT molecular complexity index is 1200. The number of hydrogen-bond donors (Lipinski definition) is 11. The summed E-state index contributed by atoms with van der Waals surface area (Å²) in [6.45, 7) is 5.15. The molecule has 0 amide bonds. The molecule has 3 heterocycles. The summed E-state index contributed by atoms with van der Waals surface area (Å²) >= 11 is 0. The van der Waals surface area contributed by atoms with E-state index in [2.05, 4.69) is 22.8 Å². The molecule has 15 N–H and O–H groups in total. The van der Waals surface area contributed by atoms with Gasteiger partial charge < -0.3 is 87.5 Å². The molecule has 1 aromatic rings. The van der Waals surface area contributed by atoms with Crippen LogP contribution in [0.2, 0.25) is 0 Å². The smallest absolute Gasteiger partial charge is 0.187 e. The summed E-state index contributed by atoms with van der Waals surface area (Å²) in [5, 5.41) is 61.0. The van der Waals surface area contributed by atoms with Gasteiger partial charge in [0.2, 0.25) is 0 Å². The molecular formula is C35H62N6O11. The SMILES string of the molecule is CC(C)NC[C@H]1O[C@@H](O[C@H]2[C@H](O[C@H]3O[C@H](CNCCCc4ccccc4)[C@@H](O)C[C@H]3N)[C@@H](N)CC[C@@H]2O)[C@H](O)[C@@H]1O[C@H]1O[C@@H](CN)[C@@H](O)[C@H](O)[C@H]1N. The standard InChI is InChI=1S/C35H62N6O11/c1-17(2)41-16-25-32(52-34-26(39)28(45)27(44)23(14-36)47-34)29(46)35(49-25)51-31-21(42)11-10-19(37)30(31)50-33-20(38)13-22(43)24(48-33)15-40-12-6-9-18-7-4-3-5-8-18/h3-5,7-8,17,19-35,40-46H,6,9-16,36-39H2,1-2H3/t19-,20+,21-,22-,23-,24+,25+,26+,27+,28+,29+,30+,31+,32+,33+,34+,35-/m0/s1. The summed E-state index contributed by atoms with van der Waals surface area (Å²) in [4.78, 5) is 0. The molecule has 1 aromatic carbocycles. The van der Waals surface area contributed by atoms with Gasteiger partial charge in [0.1, 0.15) is 48.8 Å². The first-order chi connectivity index (χ1) is 24.9. The molecule has 1 saturated carbocycles. The molecule has 0 radical (unpaired) electrons. The van der Waals surface area contributed by atoms with Gasteiger partial charge in [-0.2, -0.15) is 0 Å². The molecule has 1 aliphatic carbocycles. The Balaban J connectivity index is 1.22. The number of ether oxygens (including phenoxy) is 6. The van der Waals surface area contributed by atoms with Gasteiger partial charge in [-0.3, -0.25) is 0 Å². The van der Waals surface area contributed by atoms with Crippen LogP contribution < -0.4 is 33.6 Å². The van der Waals surface area contributed by atoms with Gasteiger partial charge in [0.05, 0.1) is 30.4 Å². The molecule has 4 fully saturated rings. The fraction of sp³-hybridized carbons (Fsp3) is 0.829. The highest BCUT2D eigenvalue weighted by Gasteiger charge is 2.53. The Morgan fingerprint density at radius 1 is 0.731 bits per heavy atom. The van der Waals surface area contributed by atoms with E-state index in [1.807, 2.05) is 32.0 Å². The summed E-state index contributed by atoms with van der Waals surface area (Å²) < 4.78 is 37.0. The maximum absolute atomic E-state index is 11.6. The van der Waals surface area contributed by atoms with Crippen molar-refractivity contribution in [1.29, 1.82) is 0 Å². The molecule has 52 heavy (non-hydrogen) atoms. The highest BCUT2D eigenvalue weighted by atomic mass is 16.8. The van der Waals surface area contributed by atoms with Crippen LogP contribution in [0.5, 0.6) is 0 Å². The second-order valence-electron chi connectivity index (χ2n) is 14.8. The van der Waals surface area contributed by atoms with Gasteiger partial charge in [0.15, 0.2) is 18.9 Å². The third kappa shape index (κ3) is 10.4. The zero-order valence-corrected chi connectivity index (χ0v) is 30.1. The molecule has 298 valence electrons. The molecular weight excluding hydrogens is 680 g/mol. The average Bonchev–Trinajstić information content (AvgIpc) is 3.41. The monoisotopic (exact) mass is 742 g/mol. The minimum Gasteiger partial charge on any atom is -0.390 e. The molecule has 0 spiro atoms. The van der Waals surface area contributed by atoms with Gasteiger partial charge in [-0.25, -0.2) is 0 Å². The lowest BCUT2D eigenvalue weighted by atomic mass is 9.87. The van der Waals surface area contributed by atoms with Crippen molar-refractivity contribution in [2.45, 2.75) is 156 Å². The van der Waals surface area contributed by atoms with E-state index in [4.69, 9.17) is 51.4 Å². The first kappa shape index (κ1) is 41.7. The molecule has 5 rings (SSSR count). The van der Waals surface area contributed by atoms with E-state index in [1.54, 1.807) is 0 Å². The fourth-order valence-electron chi connectivity index (χ4n) is 7.27. The summed E-state index contributed by atoms with van der Waals surface area (Å²) in [6.07, 6.45) is -11.9. The second kappa shape index (κ2) is 19.4. The number of aryl methyl sites for hydroxylation is 1. The van der Waals surface area contributed by atoms with Crippen molar-refractivity contribution in [2.75, 3.05) is 26.2 Å². The second-order valence-corrected chi connectivity index (χ2v) is 14.8. The maximum atomic E-state index is 11.6. The van der Waals surface area contributed by atoms with Gasteiger partial charge in [-0.15, -0.1) is 0 Å². The van der Waals surface area contributed by atoms with Crippen LogP contribution in [0, 0.1) is 0 Å². The van der Waals surface area contributed by atoms with Gasteiger partial charge in [0.25, 0.3) is 0 Å². The normalized spacial score (nSPS) is 42.9. The maximum Gasteiger partial charge on any atom is 0.187 e.